The Labute approximate surface area is 94.5 Å². The first-order valence-electron chi connectivity index (χ1n) is 4.83. The number of rotatable bonds is 2. The van der Waals surface area contributed by atoms with E-state index in [1.54, 1.807) is 0 Å². The van der Waals surface area contributed by atoms with Crippen molar-refractivity contribution in [2.75, 3.05) is 0 Å². The van der Waals surface area contributed by atoms with Crippen LogP contribution in [0.3, 0.4) is 0 Å². The van der Waals surface area contributed by atoms with Gasteiger partial charge in [-0.1, -0.05) is 54.1 Å². The second-order valence-corrected chi connectivity index (χ2v) is 3.88. The van der Waals surface area contributed by atoms with Crippen molar-refractivity contribution in [3.8, 4) is 0 Å². The van der Waals surface area contributed by atoms with Crippen LogP contribution in [0.2, 0.25) is 5.02 Å². The molecule has 76 valence electrons. The molecule has 0 aliphatic heterocycles. The second kappa shape index (κ2) is 4.47. The third-order valence-electron chi connectivity index (χ3n) is 2.37. The summed E-state index contributed by atoms with van der Waals surface area (Å²) in [4.78, 5) is 0. The zero-order valence-corrected chi connectivity index (χ0v) is 8.98. The van der Waals surface area contributed by atoms with E-state index < -0.39 is 0 Å². The van der Waals surface area contributed by atoms with Gasteiger partial charge in [0.25, 0.3) is 0 Å². The zero-order chi connectivity index (χ0) is 10.7. The molecule has 0 spiro atoms. The fourth-order valence-electron chi connectivity index (χ4n) is 1.55. The normalized spacial score (nSPS) is 12.4. The maximum Gasteiger partial charge on any atom is 0.0552 e. The van der Waals surface area contributed by atoms with Gasteiger partial charge in [-0.15, -0.1) is 0 Å². The van der Waals surface area contributed by atoms with E-state index in [0.29, 0.717) is 0 Å². The van der Waals surface area contributed by atoms with Crippen LogP contribution in [0.25, 0.3) is 0 Å². The summed E-state index contributed by atoms with van der Waals surface area (Å²) in [6, 6.07) is 17.5. The highest BCUT2D eigenvalue weighted by Gasteiger charge is 2.07. The van der Waals surface area contributed by atoms with Crippen LogP contribution in [0.5, 0.6) is 0 Å². The molecule has 2 aromatic carbocycles. The average Bonchev–Trinajstić information content (AvgIpc) is 2.29. The maximum absolute atomic E-state index is 6.13. The molecular formula is C13H12ClN. The molecule has 1 nitrogen and oxygen atoms in total. The zero-order valence-electron chi connectivity index (χ0n) is 8.23. The Morgan fingerprint density at radius 2 is 1.53 bits per heavy atom. The molecule has 0 unspecified atom stereocenters. The first-order chi connectivity index (χ1) is 7.27. The minimum absolute atomic E-state index is 0.107. The summed E-state index contributed by atoms with van der Waals surface area (Å²) in [5, 5.41) is 0.721. The van der Waals surface area contributed by atoms with Crippen LogP contribution in [0.15, 0.2) is 54.6 Å². The van der Waals surface area contributed by atoms with Crippen LogP contribution in [-0.2, 0) is 0 Å². The van der Waals surface area contributed by atoms with Crippen LogP contribution in [0, 0.1) is 0 Å². The number of hydrogen-bond donors (Lipinski definition) is 1. The van der Waals surface area contributed by atoms with E-state index >= 15 is 0 Å². The van der Waals surface area contributed by atoms with Crippen LogP contribution in [0.1, 0.15) is 17.2 Å². The van der Waals surface area contributed by atoms with E-state index in [2.05, 4.69) is 0 Å². The van der Waals surface area contributed by atoms with Crippen molar-refractivity contribution in [1.29, 1.82) is 0 Å². The van der Waals surface area contributed by atoms with E-state index in [0.717, 1.165) is 16.1 Å². The molecule has 0 amide bonds. The molecule has 0 aliphatic rings. The smallest absolute Gasteiger partial charge is 0.0552 e. The minimum Gasteiger partial charge on any atom is -0.320 e. The molecule has 2 heteroatoms. The molecular weight excluding hydrogens is 206 g/mol. The molecule has 0 saturated heterocycles. The van der Waals surface area contributed by atoms with E-state index in [1.165, 1.54) is 0 Å². The summed E-state index contributed by atoms with van der Waals surface area (Å²) >= 11 is 5.92. The summed E-state index contributed by atoms with van der Waals surface area (Å²) < 4.78 is 0. The van der Waals surface area contributed by atoms with Crippen LogP contribution in [0.4, 0.5) is 0 Å². The van der Waals surface area contributed by atoms with Gasteiger partial charge < -0.3 is 5.73 Å². The predicted molar refractivity (Wildman–Crippen MR) is 63.9 cm³/mol. The first-order valence-corrected chi connectivity index (χ1v) is 5.21. The van der Waals surface area contributed by atoms with E-state index in [1.807, 2.05) is 54.6 Å². The van der Waals surface area contributed by atoms with Gasteiger partial charge in [-0.3, -0.25) is 0 Å². The third kappa shape index (κ3) is 2.38. The predicted octanol–water partition coefficient (Wildman–Crippen LogP) is 3.39. The molecule has 0 saturated carbocycles. The van der Waals surface area contributed by atoms with Crippen molar-refractivity contribution < 1.29 is 0 Å². The summed E-state index contributed by atoms with van der Waals surface area (Å²) in [5.74, 6) is 0. The molecule has 2 N–H and O–H groups in total. The van der Waals surface area contributed by atoms with Crippen LogP contribution in [-0.4, -0.2) is 0 Å². The van der Waals surface area contributed by atoms with E-state index in [9.17, 15) is 0 Å². The number of halogens is 1. The van der Waals surface area contributed by atoms with Gasteiger partial charge >= 0.3 is 0 Å². The van der Waals surface area contributed by atoms with Crippen molar-refractivity contribution in [2.45, 2.75) is 6.04 Å². The highest BCUT2D eigenvalue weighted by atomic mass is 35.5. The van der Waals surface area contributed by atoms with Gasteiger partial charge in [0.2, 0.25) is 0 Å². The number of benzene rings is 2. The molecule has 0 aromatic heterocycles. The van der Waals surface area contributed by atoms with Crippen LogP contribution >= 0.6 is 11.6 Å². The van der Waals surface area contributed by atoms with Crippen LogP contribution < -0.4 is 5.73 Å². The Bertz CT molecular complexity index is 439. The molecule has 0 fully saturated rings. The summed E-state index contributed by atoms with van der Waals surface area (Å²) in [6.07, 6.45) is 0. The standard InChI is InChI=1S/C13H12ClN/c14-12-8-4-7-11(9-12)13(15)10-5-2-1-3-6-10/h1-9,13H,15H2/t13-/m1/s1. The molecule has 15 heavy (non-hydrogen) atoms. The summed E-state index contributed by atoms with van der Waals surface area (Å²) in [6.45, 7) is 0. The lowest BCUT2D eigenvalue weighted by Gasteiger charge is -2.12. The topological polar surface area (TPSA) is 26.0 Å². The van der Waals surface area contributed by atoms with Gasteiger partial charge in [-0.2, -0.15) is 0 Å². The lowest BCUT2D eigenvalue weighted by atomic mass is 10.00. The van der Waals surface area contributed by atoms with Gasteiger partial charge in [0, 0.05) is 5.02 Å². The van der Waals surface area contributed by atoms with Gasteiger partial charge in [-0.25, -0.2) is 0 Å². The first kappa shape index (κ1) is 10.2. The SMILES string of the molecule is N[C@H](c1ccccc1)c1cccc(Cl)c1. The Morgan fingerprint density at radius 1 is 0.867 bits per heavy atom. The highest BCUT2D eigenvalue weighted by molar-refractivity contribution is 6.30. The van der Waals surface area contributed by atoms with Crippen molar-refractivity contribution in [3.05, 3.63) is 70.7 Å². The van der Waals surface area contributed by atoms with Gasteiger partial charge in [0.1, 0.15) is 0 Å². The quantitative estimate of drug-likeness (QED) is 0.820. The molecule has 0 radical (unpaired) electrons. The Balaban J connectivity index is 2.32. The average molecular weight is 218 g/mol. The fourth-order valence-corrected chi connectivity index (χ4v) is 1.75. The molecule has 0 bridgehead atoms. The number of hydrogen-bond acceptors (Lipinski definition) is 1. The third-order valence-corrected chi connectivity index (χ3v) is 2.60. The Hall–Kier alpha value is -1.31. The molecule has 2 rings (SSSR count). The van der Waals surface area contributed by atoms with Gasteiger partial charge in [0.15, 0.2) is 0 Å². The lowest BCUT2D eigenvalue weighted by Crippen LogP contribution is -2.11. The van der Waals surface area contributed by atoms with Crippen molar-refractivity contribution in [2.24, 2.45) is 5.73 Å². The Kier molecular flexibility index (Phi) is 3.05. The monoisotopic (exact) mass is 217 g/mol. The summed E-state index contributed by atoms with van der Waals surface area (Å²) in [5.41, 5.74) is 8.26. The molecule has 1 atom stereocenters. The highest BCUT2D eigenvalue weighted by Crippen LogP contribution is 2.21. The molecule has 0 heterocycles. The van der Waals surface area contributed by atoms with Gasteiger partial charge in [-0.05, 0) is 23.3 Å². The maximum atomic E-state index is 6.13. The van der Waals surface area contributed by atoms with E-state index in [4.69, 9.17) is 17.3 Å². The number of nitrogens with two attached hydrogens (primary N) is 1. The summed E-state index contributed by atoms with van der Waals surface area (Å²) in [7, 11) is 0. The van der Waals surface area contributed by atoms with E-state index in [-0.39, 0.29) is 6.04 Å². The van der Waals surface area contributed by atoms with Crippen molar-refractivity contribution in [3.63, 3.8) is 0 Å². The van der Waals surface area contributed by atoms with Crippen molar-refractivity contribution >= 4 is 11.6 Å². The fraction of sp³-hybridized carbons (Fsp3) is 0.0769. The van der Waals surface area contributed by atoms with Crippen molar-refractivity contribution in [1.82, 2.24) is 0 Å². The largest absolute Gasteiger partial charge is 0.320 e. The Morgan fingerprint density at radius 3 is 2.20 bits per heavy atom. The van der Waals surface area contributed by atoms with Gasteiger partial charge in [0.05, 0.1) is 6.04 Å². The molecule has 2 aromatic rings. The lowest BCUT2D eigenvalue weighted by molar-refractivity contribution is 0.872. The second-order valence-electron chi connectivity index (χ2n) is 3.44. The minimum atomic E-state index is -0.107. The molecule has 0 aliphatic carbocycles.